The number of carboxylic acids is 1. The number of carbonyl (C=O) groups is 1. The highest BCUT2D eigenvalue weighted by Crippen LogP contribution is 2.12. The van der Waals surface area contributed by atoms with Crippen LogP contribution < -0.4 is 0 Å². The summed E-state index contributed by atoms with van der Waals surface area (Å²) in [6, 6.07) is 0. The third-order valence-corrected chi connectivity index (χ3v) is 4.74. The molecule has 0 bridgehead atoms. The smallest absolute Gasteiger partial charge is 0.303 e. The first-order valence-corrected chi connectivity index (χ1v) is 10.7. The molecule has 1 atom stereocenters. The zero-order chi connectivity index (χ0) is 18.6. The molecule has 0 aromatic heterocycles. The lowest BCUT2D eigenvalue weighted by Crippen LogP contribution is -2.09. The van der Waals surface area contributed by atoms with E-state index in [1.807, 2.05) is 0 Å². The lowest BCUT2D eigenvalue weighted by atomic mass is 10.0. The molecule has 0 heterocycles. The molecular weight excluding hydrogens is 312 g/mol. The lowest BCUT2D eigenvalue weighted by Gasteiger charge is -2.08. The fourth-order valence-electron chi connectivity index (χ4n) is 3.06. The second kappa shape index (κ2) is 19.5. The molecule has 0 fully saturated rings. The Morgan fingerprint density at radius 1 is 0.760 bits per heavy atom. The Hall–Kier alpha value is -0.830. The van der Waals surface area contributed by atoms with E-state index in [9.17, 15) is 9.90 Å². The Morgan fingerprint density at radius 2 is 1.24 bits per heavy atom. The second-order valence-electron chi connectivity index (χ2n) is 7.31. The first-order chi connectivity index (χ1) is 12.2. The fourth-order valence-corrected chi connectivity index (χ4v) is 3.06. The first kappa shape index (κ1) is 24.2. The van der Waals surface area contributed by atoms with Crippen molar-refractivity contribution in [3.63, 3.8) is 0 Å². The third kappa shape index (κ3) is 21.1. The van der Waals surface area contributed by atoms with E-state index in [1.165, 1.54) is 77.0 Å². The standard InChI is InChI=1S/C22H42O3/c1-2-3-4-5-6-7-8-9-10-11-12-13-14-15-16-17-18-21(23)19-20-22(24)25/h9-10,21,23H,2-8,11-20H2,1H3,(H,24,25)/b10-9+. The van der Waals surface area contributed by atoms with E-state index in [0.29, 0.717) is 6.42 Å². The number of hydrogen-bond acceptors (Lipinski definition) is 2. The SMILES string of the molecule is CCCCCCCC/C=C/CCCCCCCCC(O)CCC(=O)O. The van der Waals surface area contributed by atoms with Crippen LogP contribution in [0.2, 0.25) is 0 Å². The summed E-state index contributed by atoms with van der Waals surface area (Å²) in [7, 11) is 0. The van der Waals surface area contributed by atoms with Gasteiger partial charge in [0.15, 0.2) is 0 Å². The van der Waals surface area contributed by atoms with Crippen molar-refractivity contribution in [3.8, 4) is 0 Å². The molecule has 3 nitrogen and oxygen atoms in total. The minimum Gasteiger partial charge on any atom is -0.481 e. The summed E-state index contributed by atoms with van der Waals surface area (Å²) in [5, 5.41) is 18.2. The molecule has 0 aliphatic rings. The molecule has 1 unspecified atom stereocenters. The average molecular weight is 355 g/mol. The number of rotatable bonds is 19. The van der Waals surface area contributed by atoms with Gasteiger partial charge in [0.1, 0.15) is 0 Å². The van der Waals surface area contributed by atoms with Crippen molar-refractivity contribution in [2.24, 2.45) is 0 Å². The fraction of sp³-hybridized carbons (Fsp3) is 0.864. The summed E-state index contributed by atoms with van der Waals surface area (Å²) in [5.74, 6) is -0.819. The van der Waals surface area contributed by atoms with E-state index in [2.05, 4.69) is 19.1 Å². The number of aliphatic carboxylic acids is 1. The van der Waals surface area contributed by atoms with E-state index in [1.54, 1.807) is 0 Å². The van der Waals surface area contributed by atoms with Gasteiger partial charge < -0.3 is 10.2 Å². The third-order valence-electron chi connectivity index (χ3n) is 4.74. The molecule has 148 valence electrons. The molecule has 0 saturated carbocycles. The molecule has 0 aliphatic carbocycles. The number of hydrogen-bond donors (Lipinski definition) is 2. The van der Waals surface area contributed by atoms with Gasteiger partial charge in [-0.2, -0.15) is 0 Å². The van der Waals surface area contributed by atoms with Gasteiger partial charge in [0.2, 0.25) is 0 Å². The second-order valence-corrected chi connectivity index (χ2v) is 7.31. The van der Waals surface area contributed by atoms with Crippen molar-refractivity contribution in [1.82, 2.24) is 0 Å². The van der Waals surface area contributed by atoms with Gasteiger partial charge in [-0.1, -0.05) is 83.3 Å². The van der Waals surface area contributed by atoms with Crippen LogP contribution in [0.4, 0.5) is 0 Å². The molecule has 3 heteroatoms. The zero-order valence-electron chi connectivity index (χ0n) is 16.6. The summed E-state index contributed by atoms with van der Waals surface area (Å²) in [6.45, 7) is 2.26. The lowest BCUT2D eigenvalue weighted by molar-refractivity contribution is -0.137. The van der Waals surface area contributed by atoms with Crippen molar-refractivity contribution in [3.05, 3.63) is 12.2 Å². The van der Waals surface area contributed by atoms with E-state index in [-0.39, 0.29) is 6.42 Å². The van der Waals surface area contributed by atoms with Crippen molar-refractivity contribution in [2.45, 2.75) is 122 Å². The Kier molecular flexibility index (Phi) is 18.8. The van der Waals surface area contributed by atoms with Crippen LogP contribution in [-0.2, 0) is 4.79 Å². The van der Waals surface area contributed by atoms with Crippen LogP contribution in [0.5, 0.6) is 0 Å². The maximum atomic E-state index is 10.4. The summed E-state index contributed by atoms with van der Waals surface area (Å²) in [6.07, 6.45) is 23.4. The Bertz CT molecular complexity index is 312. The van der Waals surface area contributed by atoms with Gasteiger partial charge in [-0.15, -0.1) is 0 Å². The van der Waals surface area contributed by atoms with Crippen LogP contribution in [0.1, 0.15) is 116 Å². The molecule has 2 N–H and O–H groups in total. The molecular formula is C22H42O3. The molecule has 25 heavy (non-hydrogen) atoms. The van der Waals surface area contributed by atoms with Gasteiger partial charge in [0, 0.05) is 6.42 Å². The minimum atomic E-state index is -0.819. The highest BCUT2D eigenvalue weighted by atomic mass is 16.4. The zero-order valence-corrected chi connectivity index (χ0v) is 16.6. The topological polar surface area (TPSA) is 57.5 Å². The first-order valence-electron chi connectivity index (χ1n) is 10.7. The van der Waals surface area contributed by atoms with Gasteiger partial charge in [0.25, 0.3) is 0 Å². The largest absolute Gasteiger partial charge is 0.481 e. The van der Waals surface area contributed by atoms with Crippen molar-refractivity contribution in [2.75, 3.05) is 0 Å². The number of carboxylic acid groups (broad SMARTS) is 1. The molecule has 0 rings (SSSR count). The van der Waals surface area contributed by atoms with Crippen LogP contribution in [0.25, 0.3) is 0 Å². The molecule has 0 spiro atoms. The monoisotopic (exact) mass is 354 g/mol. The van der Waals surface area contributed by atoms with E-state index < -0.39 is 12.1 Å². The maximum Gasteiger partial charge on any atom is 0.303 e. The van der Waals surface area contributed by atoms with Gasteiger partial charge in [-0.25, -0.2) is 0 Å². The normalized spacial score (nSPS) is 12.7. The van der Waals surface area contributed by atoms with Gasteiger partial charge in [-0.05, 0) is 38.5 Å². The molecule has 0 aromatic rings. The Morgan fingerprint density at radius 3 is 1.76 bits per heavy atom. The number of allylic oxidation sites excluding steroid dienone is 2. The number of aliphatic hydroxyl groups is 1. The quantitative estimate of drug-likeness (QED) is 0.202. The molecule has 0 amide bonds. The Balaban J connectivity index is 3.18. The van der Waals surface area contributed by atoms with Crippen molar-refractivity contribution < 1.29 is 15.0 Å². The van der Waals surface area contributed by atoms with Crippen LogP contribution in [0.15, 0.2) is 12.2 Å². The van der Waals surface area contributed by atoms with Crippen LogP contribution >= 0.6 is 0 Å². The van der Waals surface area contributed by atoms with Crippen molar-refractivity contribution in [1.29, 1.82) is 0 Å². The summed E-state index contributed by atoms with van der Waals surface area (Å²) >= 11 is 0. The van der Waals surface area contributed by atoms with Crippen LogP contribution in [0, 0.1) is 0 Å². The van der Waals surface area contributed by atoms with Crippen molar-refractivity contribution >= 4 is 5.97 Å². The summed E-state index contributed by atoms with van der Waals surface area (Å²) in [5.41, 5.74) is 0. The molecule has 0 aliphatic heterocycles. The Labute approximate surface area is 155 Å². The minimum absolute atomic E-state index is 0.0769. The molecule has 0 saturated heterocycles. The molecule has 0 aromatic carbocycles. The van der Waals surface area contributed by atoms with Gasteiger partial charge in [-0.3, -0.25) is 4.79 Å². The predicted octanol–water partition coefficient (Wildman–Crippen LogP) is 6.64. The number of aliphatic hydroxyl groups excluding tert-OH is 1. The van der Waals surface area contributed by atoms with Gasteiger partial charge in [0.05, 0.1) is 6.10 Å². The maximum absolute atomic E-state index is 10.4. The van der Waals surface area contributed by atoms with E-state index in [0.717, 1.165) is 19.3 Å². The van der Waals surface area contributed by atoms with Gasteiger partial charge >= 0.3 is 5.97 Å². The van der Waals surface area contributed by atoms with E-state index >= 15 is 0 Å². The van der Waals surface area contributed by atoms with Crippen LogP contribution in [0.3, 0.4) is 0 Å². The summed E-state index contributed by atoms with van der Waals surface area (Å²) in [4.78, 5) is 10.4. The number of unbranched alkanes of at least 4 members (excludes halogenated alkanes) is 12. The highest BCUT2D eigenvalue weighted by molar-refractivity contribution is 5.66. The van der Waals surface area contributed by atoms with E-state index in [4.69, 9.17) is 5.11 Å². The average Bonchev–Trinajstić information content (AvgIpc) is 2.59. The predicted molar refractivity (Wildman–Crippen MR) is 107 cm³/mol. The molecule has 0 radical (unpaired) electrons. The highest BCUT2D eigenvalue weighted by Gasteiger charge is 2.06. The van der Waals surface area contributed by atoms with Crippen LogP contribution in [-0.4, -0.2) is 22.3 Å². The summed E-state index contributed by atoms with van der Waals surface area (Å²) < 4.78 is 0.